The van der Waals surface area contributed by atoms with Crippen LogP contribution < -0.4 is 5.43 Å². The van der Waals surface area contributed by atoms with Crippen LogP contribution in [0, 0.1) is 19.7 Å². The van der Waals surface area contributed by atoms with E-state index in [0.29, 0.717) is 16.8 Å². The number of carboxylic acids is 1. The summed E-state index contributed by atoms with van der Waals surface area (Å²) in [5.74, 6) is -1.91. The van der Waals surface area contributed by atoms with Crippen LogP contribution >= 0.6 is 0 Å². The summed E-state index contributed by atoms with van der Waals surface area (Å²) in [6, 6.07) is 12.5. The van der Waals surface area contributed by atoms with Gasteiger partial charge in [0.05, 0.1) is 17.5 Å². The third-order valence-electron chi connectivity index (χ3n) is 5.05. The fourth-order valence-electron chi connectivity index (χ4n) is 3.54. The van der Waals surface area contributed by atoms with E-state index < -0.39 is 11.9 Å². The van der Waals surface area contributed by atoms with Crippen LogP contribution in [0.2, 0.25) is 0 Å². The Morgan fingerprint density at radius 2 is 1.84 bits per heavy atom. The van der Waals surface area contributed by atoms with Crippen LogP contribution in [-0.2, 0) is 0 Å². The molecule has 3 N–H and O–H groups in total. The summed E-state index contributed by atoms with van der Waals surface area (Å²) in [7, 11) is 0. The topological polar surface area (TPSA) is 99.5 Å². The molecular weight excluding hydrogens is 399 g/mol. The van der Waals surface area contributed by atoms with Crippen molar-refractivity contribution in [2.45, 2.75) is 13.8 Å². The van der Waals surface area contributed by atoms with Gasteiger partial charge in [0.15, 0.2) is 0 Å². The minimum atomic E-state index is -1.08. The first-order valence-corrected chi connectivity index (χ1v) is 9.48. The predicted molar refractivity (Wildman–Crippen MR) is 116 cm³/mol. The fraction of sp³-hybridized carbons (Fsp3) is 0.0870. The highest BCUT2D eigenvalue weighted by Crippen LogP contribution is 2.22. The zero-order valence-corrected chi connectivity index (χ0v) is 16.8. The van der Waals surface area contributed by atoms with E-state index in [1.165, 1.54) is 36.5 Å². The average molecular weight is 418 g/mol. The molecular formula is C23H19FN4O3. The lowest BCUT2D eigenvalue weighted by Crippen LogP contribution is -2.19. The Morgan fingerprint density at radius 3 is 2.55 bits per heavy atom. The highest BCUT2D eigenvalue weighted by Gasteiger charge is 2.17. The van der Waals surface area contributed by atoms with Crippen LogP contribution in [-0.4, -0.2) is 32.7 Å². The molecule has 0 atom stereocenters. The molecule has 0 fully saturated rings. The van der Waals surface area contributed by atoms with Crippen molar-refractivity contribution in [1.82, 2.24) is 15.0 Å². The number of carboxylic acid groups (broad SMARTS) is 1. The van der Waals surface area contributed by atoms with Crippen molar-refractivity contribution in [3.8, 4) is 5.69 Å². The summed E-state index contributed by atoms with van der Waals surface area (Å²) in [6.45, 7) is 3.73. The van der Waals surface area contributed by atoms with Gasteiger partial charge in [-0.25, -0.2) is 14.6 Å². The standard InChI is InChI=1S/C23H19FN4O3/c1-13-3-4-14(2)28(13)21-9-15(5-7-19(21)23(30)31)22(29)27-26-12-16-11-25-20-10-17(24)6-8-18(16)20/h3-12,25H,1-2H3,(H,27,29)(H,30,31)/b26-12+. The van der Waals surface area contributed by atoms with E-state index in [0.717, 1.165) is 16.8 Å². The number of amides is 1. The number of aromatic nitrogens is 2. The lowest BCUT2D eigenvalue weighted by Gasteiger charge is -2.14. The molecule has 0 saturated carbocycles. The minimum absolute atomic E-state index is 0.0912. The fourth-order valence-corrected chi connectivity index (χ4v) is 3.54. The number of nitrogens with zero attached hydrogens (tertiary/aromatic N) is 2. The summed E-state index contributed by atoms with van der Waals surface area (Å²) < 4.78 is 15.1. The van der Waals surface area contributed by atoms with Gasteiger partial charge < -0.3 is 14.7 Å². The van der Waals surface area contributed by atoms with Gasteiger partial charge in [0.25, 0.3) is 5.91 Å². The molecule has 1 amide bonds. The van der Waals surface area contributed by atoms with Crippen molar-refractivity contribution in [2.75, 3.05) is 0 Å². The summed E-state index contributed by atoms with van der Waals surface area (Å²) in [6.07, 6.45) is 3.12. The number of hydrogen-bond acceptors (Lipinski definition) is 3. The van der Waals surface area contributed by atoms with Crippen LogP contribution in [0.3, 0.4) is 0 Å². The number of carbonyl (C=O) groups excluding carboxylic acids is 1. The van der Waals surface area contributed by atoms with Gasteiger partial charge in [0.2, 0.25) is 0 Å². The van der Waals surface area contributed by atoms with E-state index in [2.05, 4.69) is 15.5 Å². The lowest BCUT2D eigenvalue weighted by molar-refractivity contribution is 0.0696. The molecule has 4 aromatic rings. The molecule has 0 unspecified atom stereocenters. The van der Waals surface area contributed by atoms with Crippen LogP contribution in [0.5, 0.6) is 0 Å². The van der Waals surface area contributed by atoms with Gasteiger partial charge >= 0.3 is 5.97 Å². The highest BCUT2D eigenvalue weighted by atomic mass is 19.1. The van der Waals surface area contributed by atoms with E-state index in [-0.39, 0.29) is 16.9 Å². The number of hydrogen-bond donors (Lipinski definition) is 3. The molecule has 0 saturated heterocycles. The van der Waals surface area contributed by atoms with Gasteiger partial charge in [-0.05, 0) is 62.4 Å². The van der Waals surface area contributed by atoms with Crippen LogP contribution in [0.1, 0.15) is 37.7 Å². The maximum atomic E-state index is 13.3. The van der Waals surface area contributed by atoms with E-state index in [4.69, 9.17) is 0 Å². The smallest absolute Gasteiger partial charge is 0.337 e. The predicted octanol–water partition coefficient (Wildman–Crippen LogP) is 4.18. The average Bonchev–Trinajstić information content (AvgIpc) is 3.29. The number of hydrazone groups is 1. The van der Waals surface area contributed by atoms with Crippen molar-refractivity contribution in [3.05, 3.63) is 88.6 Å². The number of aryl methyl sites for hydroxylation is 2. The molecule has 4 rings (SSSR count). The summed E-state index contributed by atoms with van der Waals surface area (Å²) in [5, 5.41) is 14.3. The second-order valence-corrected chi connectivity index (χ2v) is 7.12. The number of benzene rings is 2. The number of aromatic amines is 1. The molecule has 2 heterocycles. The molecule has 0 bridgehead atoms. The third-order valence-corrected chi connectivity index (χ3v) is 5.05. The SMILES string of the molecule is Cc1ccc(C)n1-c1cc(C(=O)N/N=C/c2c[nH]c3cc(F)ccc23)ccc1C(=O)O. The van der Waals surface area contributed by atoms with Gasteiger partial charge in [0.1, 0.15) is 5.82 Å². The Labute approximate surface area is 176 Å². The van der Waals surface area contributed by atoms with Gasteiger partial charge in [-0.2, -0.15) is 5.10 Å². The maximum Gasteiger partial charge on any atom is 0.337 e. The molecule has 2 aromatic carbocycles. The Kier molecular flexibility index (Phi) is 5.12. The van der Waals surface area contributed by atoms with Crippen molar-refractivity contribution in [2.24, 2.45) is 5.10 Å². The molecule has 156 valence electrons. The Hall–Kier alpha value is -4.20. The number of aromatic carboxylic acids is 1. The largest absolute Gasteiger partial charge is 0.478 e. The summed E-state index contributed by atoms with van der Waals surface area (Å²) >= 11 is 0. The number of fused-ring (bicyclic) bond motifs is 1. The van der Waals surface area contributed by atoms with Gasteiger partial charge in [0, 0.05) is 39.6 Å². The number of rotatable bonds is 5. The van der Waals surface area contributed by atoms with Gasteiger partial charge in [-0.15, -0.1) is 0 Å². The van der Waals surface area contributed by atoms with Gasteiger partial charge in [-0.3, -0.25) is 4.79 Å². The molecule has 0 aliphatic heterocycles. The lowest BCUT2D eigenvalue weighted by atomic mass is 10.1. The van der Waals surface area contributed by atoms with E-state index in [1.807, 2.05) is 26.0 Å². The van der Waals surface area contributed by atoms with Crippen LogP contribution in [0.25, 0.3) is 16.6 Å². The Morgan fingerprint density at radius 1 is 1.10 bits per heavy atom. The monoisotopic (exact) mass is 418 g/mol. The van der Waals surface area contributed by atoms with Crippen LogP contribution in [0.15, 0.2) is 59.8 Å². The zero-order valence-electron chi connectivity index (χ0n) is 16.8. The van der Waals surface area contributed by atoms with Crippen LogP contribution in [0.4, 0.5) is 4.39 Å². The van der Waals surface area contributed by atoms with Crippen molar-refractivity contribution < 1.29 is 19.1 Å². The minimum Gasteiger partial charge on any atom is -0.478 e. The van der Waals surface area contributed by atoms with Crippen molar-refractivity contribution >= 4 is 29.0 Å². The van der Waals surface area contributed by atoms with E-state index >= 15 is 0 Å². The second kappa shape index (κ2) is 7.91. The van der Waals surface area contributed by atoms with Crippen molar-refractivity contribution in [3.63, 3.8) is 0 Å². The zero-order chi connectivity index (χ0) is 22.1. The second-order valence-electron chi connectivity index (χ2n) is 7.12. The highest BCUT2D eigenvalue weighted by molar-refractivity contribution is 6.01. The molecule has 0 aliphatic rings. The van der Waals surface area contributed by atoms with E-state index in [1.54, 1.807) is 16.8 Å². The third kappa shape index (κ3) is 3.83. The Bertz CT molecular complexity index is 1330. The molecule has 0 radical (unpaired) electrons. The molecule has 0 aliphatic carbocycles. The number of H-pyrrole nitrogens is 1. The van der Waals surface area contributed by atoms with Gasteiger partial charge in [-0.1, -0.05) is 0 Å². The number of carbonyl (C=O) groups is 2. The molecule has 31 heavy (non-hydrogen) atoms. The summed E-state index contributed by atoms with van der Waals surface area (Å²) in [4.78, 5) is 27.3. The molecule has 7 nitrogen and oxygen atoms in total. The molecule has 2 aromatic heterocycles. The molecule has 8 heteroatoms. The van der Waals surface area contributed by atoms with E-state index in [9.17, 15) is 19.1 Å². The number of halogens is 1. The quantitative estimate of drug-likeness (QED) is 0.335. The molecule has 0 spiro atoms. The normalized spacial score (nSPS) is 11.3. The van der Waals surface area contributed by atoms with Crippen molar-refractivity contribution in [1.29, 1.82) is 0 Å². The summed E-state index contributed by atoms with van der Waals surface area (Å²) in [5.41, 5.74) is 6.24. The first kappa shape index (κ1) is 20.1. The maximum absolute atomic E-state index is 13.3. The Balaban J connectivity index is 1.60. The first-order valence-electron chi connectivity index (χ1n) is 9.48. The number of nitrogens with one attached hydrogen (secondary N) is 2. The first-order chi connectivity index (χ1) is 14.8.